The molecule has 1 heterocycles. The van der Waals surface area contributed by atoms with Crippen LogP contribution in [0.25, 0.3) is 0 Å². The summed E-state index contributed by atoms with van der Waals surface area (Å²) in [5, 5.41) is 9.09. The van der Waals surface area contributed by atoms with Crippen LogP contribution < -0.4 is 0 Å². The van der Waals surface area contributed by atoms with Crippen molar-refractivity contribution in [1.29, 1.82) is 0 Å². The molecule has 3 nitrogen and oxygen atoms in total. The molecule has 0 atom stereocenters. The molecule has 2 rings (SSSR count). The van der Waals surface area contributed by atoms with Gasteiger partial charge in [0.1, 0.15) is 0 Å². The summed E-state index contributed by atoms with van der Waals surface area (Å²) in [6.07, 6.45) is 1.54. The first-order valence-electron chi connectivity index (χ1n) is 8.24. The van der Waals surface area contributed by atoms with Crippen molar-refractivity contribution in [3.63, 3.8) is 0 Å². The fourth-order valence-corrected chi connectivity index (χ4v) is 3.24. The second-order valence-corrected chi connectivity index (χ2v) is 7.73. The summed E-state index contributed by atoms with van der Waals surface area (Å²) in [6, 6.07) is 4.62. The van der Waals surface area contributed by atoms with Crippen molar-refractivity contribution < 1.29 is 9.90 Å². The second-order valence-electron chi connectivity index (χ2n) is 7.73. The van der Waals surface area contributed by atoms with Gasteiger partial charge in [-0.25, -0.2) is 0 Å². The minimum absolute atomic E-state index is 0.151. The highest BCUT2D eigenvalue weighted by Gasteiger charge is 2.25. The van der Waals surface area contributed by atoms with Gasteiger partial charge in [-0.1, -0.05) is 32.9 Å². The largest absolute Gasteiger partial charge is 0.481 e. The maximum absolute atomic E-state index is 11.0. The average Bonchev–Trinajstić information content (AvgIpc) is 2.42. The Morgan fingerprint density at radius 3 is 2.09 bits per heavy atom. The molecule has 0 aromatic heterocycles. The Morgan fingerprint density at radius 1 is 1.18 bits per heavy atom. The van der Waals surface area contributed by atoms with Gasteiger partial charge in [0.05, 0.1) is 5.92 Å². The molecular formula is C19H29NO2. The van der Waals surface area contributed by atoms with Gasteiger partial charge in [0.2, 0.25) is 0 Å². The van der Waals surface area contributed by atoms with Crippen LogP contribution in [-0.2, 0) is 16.8 Å². The van der Waals surface area contributed by atoms with Gasteiger partial charge in [0.15, 0.2) is 0 Å². The van der Waals surface area contributed by atoms with E-state index in [1.807, 2.05) is 0 Å². The zero-order chi connectivity index (χ0) is 16.5. The number of nitrogens with zero attached hydrogens (tertiary/aromatic N) is 1. The SMILES string of the molecule is Cc1cc(C(C)(C)C)cc(C)c1CN1CCC(C(=O)O)CC1. The molecule has 0 bridgehead atoms. The van der Waals surface area contributed by atoms with Crippen molar-refractivity contribution in [2.75, 3.05) is 13.1 Å². The number of piperidine rings is 1. The maximum atomic E-state index is 11.0. The molecule has 0 saturated carbocycles. The number of aryl methyl sites for hydroxylation is 2. The van der Waals surface area contributed by atoms with Crippen LogP contribution in [0.2, 0.25) is 0 Å². The van der Waals surface area contributed by atoms with Crippen LogP contribution in [0.5, 0.6) is 0 Å². The monoisotopic (exact) mass is 303 g/mol. The van der Waals surface area contributed by atoms with E-state index in [-0.39, 0.29) is 11.3 Å². The van der Waals surface area contributed by atoms with E-state index >= 15 is 0 Å². The highest BCUT2D eigenvalue weighted by atomic mass is 16.4. The molecule has 0 spiro atoms. The lowest BCUT2D eigenvalue weighted by Gasteiger charge is -2.31. The van der Waals surface area contributed by atoms with Crippen LogP contribution in [0, 0.1) is 19.8 Å². The van der Waals surface area contributed by atoms with Crippen LogP contribution >= 0.6 is 0 Å². The van der Waals surface area contributed by atoms with Crippen molar-refractivity contribution in [2.24, 2.45) is 5.92 Å². The van der Waals surface area contributed by atoms with Crippen molar-refractivity contribution in [3.05, 3.63) is 34.4 Å². The Morgan fingerprint density at radius 2 is 1.68 bits per heavy atom. The number of hydrogen-bond acceptors (Lipinski definition) is 2. The summed E-state index contributed by atoms with van der Waals surface area (Å²) in [7, 11) is 0. The molecule has 0 amide bonds. The zero-order valence-electron chi connectivity index (χ0n) is 14.6. The molecule has 3 heteroatoms. The number of rotatable bonds is 3. The molecule has 1 N–H and O–H groups in total. The lowest BCUT2D eigenvalue weighted by Crippen LogP contribution is -2.36. The molecule has 1 aromatic rings. The fourth-order valence-electron chi connectivity index (χ4n) is 3.24. The lowest BCUT2D eigenvalue weighted by molar-refractivity contribution is -0.143. The molecule has 1 saturated heterocycles. The highest BCUT2D eigenvalue weighted by molar-refractivity contribution is 5.70. The number of benzene rings is 1. The first kappa shape index (κ1) is 17.0. The fraction of sp³-hybridized carbons (Fsp3) is 0.632. The van der Waals surface area contributed by atoms with Gasteiger partial charge in [0, 0.05) is 6.54 Å². The van der Waals surface area contributed by atoms with E-state index in [9.17, 15) is 4.79 Å². The van der Waals surface area contributed by atoms with Crippen LogP contribution in [0.4, 0.5) is 0 Å². The Hall–Kier alpha value is -1.35. The number of hydrogen-bond donors (Lipinski definition) is 1. The number of likely N-dealkylation sites (tertiary alicyclic amines) is 1. The van der Waals surface area contributed by atoms with E-state index in [4.69, 9.17) is 5.11 Å². The first-order chi connectivity index (χ1) is 10.2. The van der Waals surface area contributed by atoms with E-state index in [0.717, 1.165) is 32.5 Å². The Balaban J connectivity index is 2.10. The average molecular weight is 303 g/mol. The summed E-state index contributed by atoms with van der Waals surface area (Å²) >= 11 is 0. The molecule has 1 aliphatic heterocycles. The summed E-state index contributed by atoms with van der Waals surface area (Å²) < 4.78 is 0. The van der Waals surface area contributed by atoms with Gasteiger partial charge in [0.25, 0.3) is 0 Å². The topological polar surface area (TPSA) is 40.5 Å². The number of carbonyl (C=O) groups is 1. The Kier molecular flexibility index (Phi) is 4.96. The van der Waals surface area contributed by atoms with E-state index in [0.29, 0.717) is 0 Å². The third-order valence-corrected chi connectivity index (χ3v) is 4.88. The van der Waals surface area contributed by atoms with Crippen molar-refractivity contribution in [1.82, 2.24) is 4.90 Å². The number of carboxylic acid groups (broad SMARTS) is 1. The van der Waals surface area contributed by atoms with Crippen molar-refractivity contribution in [3.8, 4) is 0 Å². The van der Waals surface area contributed by atoms with E-state index in [2.05, 4.69) is 51.7 Å². The maximum Gasteiger partial charge on any atom is 0.306 e. The van der Waals surface area contributed by atoms with Gasteiger partial charge in [-0.05, 0) is 67.4 Å². The van der Waals surface area contributed by atoms with E-state index in [1.165, 1.54) is 22.3 Å². The first-order valence-corrected chi connectivity index (χ1v) is 8.24. The van der Waals surface area contributed by atoms with Gasteiger partial charge in [-0.3, -0.25) is 9.69 Å². The predicted molar refractivity (Wildman–Crippen MR) is 90.3 cm³/mol. The van der Waals surface area contributed by atoms with E-state index < -0.39 is 5.97 Å². The molecular weight excluding hydrogens is 274 g/mol. The minimum Gasteiger partial charge on any atom is -0.481 e. The van der Waals surface area contributed by atoms with E-state index in [1.54, 1.807) is 0 Å². The summed E-state index contributed by atoms with van der Waals surface area (Å²) in [4.78, 5) is 13.4. The summed E-state index contributed by atoms with van der Waals surface area (Å²) in [6.45, 7) is 13.8. The standard InChI is InChI=1S/C19H29NO2/c1-13-10-16(19(3,4)5)11-14(2)17(13)12-20-8-6-15(7-9-20)18(21)22/h10-11,15H,6-9,12H2,1-5H3,(H,21,22). The van der Waals surface area contributed by atoms with Crippen molar-refractivity contribution in [2.45, 2.75) is 59.4 Å². The predicted octanol–water partition coefficient (Wildman–Crippen LogP) is 3.90. The van der Waals surface area contributed by atoms with Gasteiger partial charge >= 0.3 is 5.97 Å². The normalized spacial score (nSPS) is 17.7. The molecule has 122 valence electrons. The second kappa shape index (κ2) is 6.41. The molecule has 1 aromatic carbocycles. The van der Waals surface area contributed by atoms with Crippen LogP contribution in [-0.4, -0.2) is 29.1 Å². The molecule has 0 unspecified atom stereocenters. The van der Waals surface area contributed by atoms with Crippen LogP contribution in [0.15, 0.2) is 12.1 Å². The molecule has 0 radical (unpaired) electrons. The third-order valence-electron chi connectivity index (χ3n) is 4.88. The minimum atomic E-state index is -0.637. The van der Waals surface area contributed by atoms with Crippen molar-refractivity contribution >= 4 is 5.97 Å². The number of aliphatic carboxylic acids is 1. The third kappa shape index (κ3) is 3.89. The van der Waals surface area contributed by atoms with Crippen LogP contribution in [0.3, 0.4) is 0 Å². The summed E-state index contributed by atoms with van der Waals surface area (Å²) in [5.41, 5.74) is 5.67. The zero-order valence-corrected chi connectivity index (χ0v) is 14.6. The number of carboxylic acids is 1. The lowest BCUT2D eigenvalue weighted by atomic mass is 9.83. The quantitative estimate of drug-likeness (QED) is 0.920. The van der Waals surface area contributed by atoms with Gasteiger partial charge in [-0.2, -0.15) is 0 Å². The Labute approximate surface area is 134 Å². The van der Waals surface area contributed by atoms with Gasteiger partial charge < -0.3 is 5.11 Å². The Bertz CT molecular complexity index is 526. The molecule has 1 fully saturated rings. The molecule has 0 aliphatic carbocycles. The molecule has 1 aliphatic rings. The summed E-state index contributed by atoms with van der Waals surface area (Å²) in [5.74, 6) is -0.789. The highest BCUT2D eigenvalue weighted by Crippen LogP contribution is 2.28. The molecule has 22 heavy (non-hydrogen) atoms. The smallest absolute Gasteiger partial charge is 0.306 e. The van der Waals surface area contributed by atoms with Gasteiger partial charge in [-0.15, -0.1) is 0 Å². The van der Waals surface area contributed by atoms with Crippen LogP contribution in [0.1, 0.15) is 55.9 Å².